The van der Waals surface area contributed by atoms with Crippen molar-refractivity contribution in [2.75, 3.05) is 7.05 Å². The molecule has 0 spiro atoms. The number of aromatic nitrogens is 1. The van der Waals surface area contributed by atoms with Gasteiger partial charge in [0.05, 0.1) is 0 Å². The summed E-state index contributed by atoms with van der Waals surface area (Å²) in [7, 11) is 1.57. The molecule has 0 fully saturated rings. The Morgan fingerprint density at radius 3 is 2.94 bits per heavy atom. The van der Waals surface area contributed by atoms with E-state index in [0.717, 1.165) is 5.75 Å². The van der Waals surface area contributed by atoms with E-state index in [2.05, 4.69) is 10.3 Å². The molecule has 0 aliphatic rings. The van der Waals surface area contributed by atoms with Gasteiger partial charge in [-0.1, -0.05) is 6.07 Å². The molecule has 2 aromatic heterocycles. The third kappa shape index (κ3) is 2.82. The van der Waals surface area contributed by atoms with Crippen LogP contribution in [0.1, 0.15) is 15.4 Å². The van der Waals surface area contributed by atoms with Crippen molar-refractivity contribution >= 4 is 17.2 Å². The Labute approximate surface area is 103 Å². The number of hydrogen-bond donors (Lipinski definition) is 1. The van der Waals surface area contributed by atoms with Crippen LogP contribution in [0.3, 0.4) is 0 Å². The molecular formula is C12H12N2O2S. The van der Waals surface area contributed by atoms with E-state index in [-0.39, 0.29) is 5.91 Å². The van der Waals surface area contributed by atoms with Gasteiger partial charge in [0.25, 0.3) is 5.91 Å². The zero-order chi connectivity index (χ0) is 12.3. The third-order valence-electron chi connectivity index (χ3n) is 2.11. The quantitative estimate of drug-likeness (QED) is 0.908. The number of aryl methyl sites for hydroxylation is 1. The highest BCUT2D eigenvalue weighted by Crippen LogP contribution is 2.25. The third-order valence-corrected chi connectivity index (χ3v) is 2.95. The SMILES string of the molecule is CNC(=O)c1cccc(Oc2csc(C)c2)n1. The maximum atomic E-state index is 11.4. The van der Waals surface area contributed by atoms with Crippen LogP contribution in [-0.4, -0.2) is 17.9 Å². The molecule has 1 amide bonds. The maximum Gasteiger partial charge on any atom is 0.269 e. The molecule has 0 atom stereocenters. The first-order chi connectivity index (χ1) is 8.19. The summed E-state index contributed by atoms with van der Waals surface area (Å²) < 4.78 is 5.55. The van der Waals surface area contributed by atoms with Gasteiger partial charge in [0.1, 0.15) is 11.4 Å². The number of hydrogen-bond acceptors (Lipinski definition) is 4. The zero-order valence-electron chi connectivity index (χ0n) is 9.56. The van der Waals surface area contributed by atoms with Gasteiger partial charge >= 0.3 is 0 Å². The summed E-state index contributed by atoms with van der Waals surface area (Å²) in [5.41, 5.74) is 0.344. The van der Waals surface area contributed by atoms with Crippen molar-refractivity contribution < 1.29 is 9.53 Å². The van der Waals surface area contributed by atoms with Gasteiger partial charge in [-0.2, -0.15) is 0 Å². The molecule has 0 saturated carbocycles. The van der Waals surface area contributed by atoms with Crippen LogP contribution in [0, 0.1) is 6.92 Å². The molecule has 0 aromatic carbocycles. The number of carbonyl (C=O) groups excluding carboxylic acids is 1. The first kappa shape index (κ1) is 11.6. The van der Waals surface area contributed by atoms with E-state index in [1.807, 2.05) is 18.4 Å². The van der Waals surface area contributed by atoms with Crippen molar-refractivity contribution in [2.24, 2.45) is 0 Å². The van der Waals surface area contributed by atoms with Crippen molar-refractivity contribution in [3.8, 4) is 11.6 Å². The number of rotatable bonds is 3. The van der Waals surface area contributed by atoms with E-state index < -0.39 is 0 Å². The Morgan fingerprint density at radius 1 is 1.47 bits per heavy atom. The van der Waals surface area contributed by atoms with Crippen LogP contribution >= 0.6 is 11.3 Å². The number of nitrogens with zero attached hydrogens (tertiary/aromatic N) is 1. The molecule has 0 aliphatic heterocycles. The Hall–Kier alpha value is -1.88. The lowest BCUT2D eigenvalue weighted by atomic mass is 10.3. The van der Waals surface area contributed by atoms with Gasteiger partial charge in [-0.3, -0.25) is 4.79 Å². The van der Waals surface area contributed by atoms with Crippen molar-refractivity contribution in [1.29, 1.82) is 0 Å². The molecular weight excluding hydrogens is 236 g/mol. The zero-order valence-corrected chi connectivity index (χ0v) is 10.4. The molecule has 0 bridgehead atoms. The van der Waals surface area contributed by atoms with Crippen LogP contribution in [0.25, 0.3) is 0 Å². The van der Waals surface area contributed by atoms with E-state index in [4.69, 9.17) is 4.74 Å². The molecule has 2 aromatic rings. The van der Waals surface area contributed by atoms with Gasteiger partial charge in [0.2, 0.25) is 5.88 Å². The summed E-state index contributed by atoms with van der Waals surface area (Å²) >= 11 is 1.61. The van der Waals surface area contributed by atoms with Crippen molar-refractivity contribution in [3.63, 3.8) is 0 Å². The number of nitrogens with one attached hydrogen (secondary N) is 1. The molecule has 1 N–H and O–H groups in total. The highest BCUT2D eigenvalue weighted by atomic mass is 32.1. The summed E-state index contributed by atoms with van der Waals surface area (Å²) in [6, 6.07) is 7.04. The van der Waals surface area contributed by atoms with Crippen LogP contribution in [0.4, 0.5) is 0 Å². The largest absolute Gasteiger partial charge is 0.438 e. The summed E-state index contributed by atoms with van der Waals surface area (Å²) in [4.78, 5) is 16.7. The number of pyridine rings is 1. The summed E-state index contributed by atoms with van der Waals surface area (Å²) in [6.07, 6.45) is 0. The van der Waals surface area contributed by atoms with Gasteiger partial charge < -0.3 is 10.1 Å². The van der Waals surface area contributed by atoms with Crippen molar-refractivity contribution in [2.45, 2.75) is 6.92 Å². The normalized spacial score (nSPS) is 10.0. The van der Waals surface area contributed by atoms with Crippen molar-refractivity contribution in [1.82, 2.24) is 10.3 Å². The standard InChI is InChI=1S/C12H12N2O2S/c1-8-6-9(7-17-8)16-11-5-3-4-10(14-11)12(15)13-2/h3-7H,1-2H3,(H,13,15). The van der Waals surface area contributed by atoms with Gasteiger partial charge in [0.15, 0.2) is 0 Å². The highest BCUT2D eigenvalue weighted by molar-refractivity contribution is 7.10. The van der Waals surface area contributed by atoms with E-state index in [1.54, 1.807) is 36.6 Å². The first-order valence-corrected chi connectivity index (χ1v) is 5.99. The van der Waals surface area contributed by atoms with Crippen LogP contribution in [0.15, 0.2) is 29.6 Å². The first-order valence-electron chi connectivity index (χ1n) is 5.11. The lowest BCUT2D eigenvalue weighted by Gasteiger charge is -2.03. The predicted octanol–water partition coefficient (Wildman–Crippen LogP) is 2.60. The number of ether oxygens (including phenoxy) is 1. The van der Waals surface area contributed by atoms with Gasteiger partial charge in [0, 0.05) is 23.4 Å². The second-order valence-electron chi connectivity index (χ2n) is 3.44. The second-order valence-corrected chi connectivity index (χ2v) is 4.55. The van der Waals surface area contributed by atoms with E-state index in [1.165, 1.54) is 4.88 Å². The lowest BCUT2D eigenvalue weighted by Crippen LogP contribution is -2.19. The molecule has 2 rings (SSSR count). The number of amides is 1. The van der Waals surface area contributed by atoms with Crippen LogP contribution in [0.5, 0.6) is 11.6 Å². The smallest absolute Gasteiger partial charge is 0.269 e. The number of carbonyl (C=O) groups is 1. The fourth-order valence-corrected chi connectivity index (χ4v) is 1.92. The monoisotopic (exact) mass is 248 g/mol. The van der Waals surface area contributed by atoms with E-state index >= 15 is 0 Å². The minimum atomic E-state index is -0.225. The van der Waals surface area contributed by atoms with Gasteiger partial charge in [-0.25, -0.2) is 4.98 Å². The number of thiophene rings is 1. The lowest BCUT2D eigenvalue weighted by molar-refractivity contribution is 0.0957. The van der Waals surface area contributed by atoms with Gasteiger partial charge in [-0.15, -0.1) is 11.3 Å². The van der Waals surface area contributed by atoms with Crippen LogP contribution in [0.2, 0.25) is 0 Å². The average Bonchev–Trinajstić information content (AvgIpc) is 2.74. The molecule has 0 saturated heterocycles. The minimum Gasteiger partial charge on any atom is -0.438 e. The highest BCUT2D eigenvalue weighted by Gasteiger charge is 2.07. The van der Waals surface area contributed by atoms with Crippen molar-refractivity contribution in [3.05, 3.63) is 40.2 Å². The van der Waals surface area contributed by atoms with Crippen LogP contribution in [-0.2, 0) is 0 Å². The minimum absolute atomic E-state index is 0.225. The Morgan fingerprint density at radius 2 is 2.29 bits per heavy atom. The summed E-state index contributed by atoms with van der Waals surface area (Å²) in [5, 5.41) is 4.43. The molecule has 4 nitrogen and oxygen atoms in total. The summed E-state index contributed by atoms with van der Waals surface area (Å²) in [5.74, 6) is 0.940. The van der Waals surface area contributed by atoms with Crippen LogP contribution < -0.4 is 10.1 Å². The fourth-order valence-electron chi connectivity index (χ4n) is 1.32. The topological polar surface area (TPSA) is 51.2 Å². The Balaban J connectivity index is 2.19. The van der Waals surface area contributed by atoms with E-state index in [9.17, 15) is 4.79 Å². The fraction of sp³-hybridized carbons (Fsp3) is 0.167. The second kappa shape index (κ2) is 4.97. The Bertz CT molecular complexity index is 537. The molecule has 5 heteroatoms. The average molecular weight is 248 g/mol. The molecule has 17 heavy (non-hydrogen) atoms. The molecule has 0 unspecified atom stereocenters. The molecule has 0 aliphatic carbocycles. The van der Waals surface area contributed by atoms with Gasteiger partial charge in [-0.05, 0) is 19.1 Å². The Kier molecular flexibility index (Phi) is 3.39. The predicted molar refractivity (Wildman–Crippen MR) is 66.8 cm³/mol. The molecule has 0 radical (unpaired) electrons. The molecule has 88 valence electrons. The van der Waals surface area contributed by atoms with E-state index in [0.29, 0.717) is 11.6 Å². The maximum absolute atomic E-state index is 11.4. The summed E-state index contributed by atoms with van der Waals surface area (Å²) in [6.45, 7) is 2.01. The molecule has 2 heterocycles.